The molecule has 0 unspecified atom stereocenters. The Morgan fingerprint density at radius 2 is 1.56 bits per heavy atom. The first kappa shape index (κ1) is 25.0. The molecular formula is C25H31N3O6. The minimum Gasteiger partial charge on any atom is -0.493 e. The van der Waals surface area contributed by atoms with Gasteiger partial charge < -0.3 is 24.8 Å². The number of rotatable bonds is 9. The smallest absolute Gasteiger partial charge is 0.338 e. The zero-order valence-corrected chi connectivity index (χ0v) is 19.8. The molecule has 1 aliphatic rings. The molecule has 0 radical (unpaired) electrons. The van der Waals surface area contributed by atoms with Crippen LogP contribution in [0.5, 0.6) is 11.5 Å². The van der Waals surface area contributed by atoms with Crippen LogP contribution in [0.4, 0.5) is 11.4 Å². The number of carbonyl (C=O) groups is 3. The van der Waals surface area contributed by atoms with Gasteiger partial charge in [0.25, 0.3) is 0 Å². The average Bonchev–Trinajstić information content (AvgIpc) is 2.84. The summed E-state index contributed by atoms with van der Waals surface area (Å²) >= 11 is 0. The second-order valence-corrected chi connectivity index (χ2v) is 7.96. The molecule has 2 aromatic carbocycles. The number of hydrogen-bond acceptors (Lipinski definition) is 7. The zero-order valence-electron chi connectivity index (χ0n) is 19.8. The molecule has 3 rings (SSSR count). The summed E-state index contributed by atoms with van der Waals surface area (Å²) < 4.78 is 15.4. The van der Waals surface area contributed by atoms with Crippen LogP contribution in [0.25, 0.3) is 0 Å². The molecule has 2 amide bonds. The van der Waals surface area contributed by atoms with Crippen molar-refractivity contribution in [3.05, 3.63) is 48.0 Å². The van der Waals surface area contributed by atoms with E-state index >= 15 is 0 Å². The number of methoxy groups -OCH3 is 2. The molecule has 0 aromatic heterocycles. The molecule has 2 N–H and O–H groups in total. The molecule has 9 nitrogen and oxygen atoms in total. The van der Waals surface area contributed by atoms with E-state index in [0.717, 1.165) is 0 Å². The van der Waals surface area contributed by atoms with Crippen molar-refractivity contribution in [3.63, 3.8) is 0 Å². The third-order valence-electron chi connectivity index (χ3n) is 5.66. The number of piperidine rings is 1. The third kappa shape index (κ3) is 6.71. The van der Waals surface area contributed by atoms with Crippen LogP contribution in [0.1, 0.15) is 30.1 Å². The molecule has 1 aliphatic heterocycles. The fourth-order valence-electron chi connectivity index (χ4n) is 3.82. The SMILES string of the molecule is CCOC(=O)c1ccc(NC(=O)C2CCN(CC(=O)Nc3ccc(OC)c(OC)c3)CC2)cc1. The largest absolute Gasteiger partial charge is 0.493 e. The van der Waals surface area contributed by atoms with Gasteiger partial charge in [0.1, 0.15) is 0 Å². The van der Waals surface area contributed by atoms with E-state index in [1.807, 2.05) is 4.90 Å². The maximum atomic E-state index is 12.6. The number of likely N-dealkylation sites (tertiary alicyclic amines) is 1. The van der Waals surface area contributed by atoms with Crippen molar-refractivity contribution in [2.45, 2.75) is 19.8 Å². The Morgan fingerprint density at radius 1 is 0.912 bits per heavy atom. The maximum absolute atomic E-state index is 12.6. The number of esters is 1. The van der Waals surface area contributed by atoms with Gasteiger partial charge in [-0.3, -0.25) is 14.5 Å². The molecule has 182 valence electrons. The molecule has 34 heavy (non-hydrogen) atoms. The Labute approximate surface area is 199 Å². The van der Waals surface area contributed by atoms with Gasteiger partial charge in [-0.15, -0.1) is 0 Å². The Hall–Kier alpha value is -3.59. The topological polar surface area (TPSA) is 106 Å². The van der Waals surface area contributed by atoms with Gasteiger partial charge in [0.15, 0.2) is 11.5 Å². The first-order chi connectivity index (χ1) is 16.4. The van der Waals surface area contributed by atoms with E-state index in [1.165, 1.54) is 0 Å². The first-order valence-corrected chi connectivity index (χ1v) is 11.3. The lowest BCUT2D eigenvalue weighted by Gasteiger charge is -2.30. The number of nitrogens with one attached hydrogen (secondary N) is 2. The molecule has 0 bridgehead atoms. The molecule has 2 aromatic rings. The monoisotopic (exact) mass is 469 g/mol. The van der Waals surface area contributed by atoms with Crippen LogP contribution in [0.3, 0.4) is 0 Å². The van der Waals surface area contributed by atoms with Gasteiger partial charge in [-0.25, -0.2) is 4.79 Å². The lowest BCUT2D eigenvalue weighted by Crippen LogP contribution is -2.41. The van der Waals surface area contributed by atoms with Crippen LogP contribution < -0.4 is 20.1 Å². The summed E-state index contributed by atoms with van der Waals surface area (Å²) in [6, 6.07) is 11.9. The van der Waals surface area contributed by atoms with Crippen molar-refractivity contribution in [1.29, 1.82) is 0 Å². The van der Waals surface area contributed by atoms with Crippen molar-refractivity contribution in [2.75, 3.05) is 51.1 Å². The Morgan fingerprint density at radius 3 is 2.18 bits per heavy atom. The highest BCUT2D eigenvalue weighted by Gasteiger charge is 2.26. The van der Waals surface area contributed by atoms with E-state index in [9.17, 15) is 14.4 Å². The molecule has 1 heterocycles. The molecule has 0 atom stereocenters. The molecular weight excluding hydrogens is 438 g/mol. The number of carbonyl (C=O) groups excluding carboxylic acids is 3. The summed E-state index contributed by atoms with van der Waals surface area (Å²) in [5, 5.41) is 5.78. The van der Waals surface area contributed by atoms with Crippen molar-refractivity contribution in [3.8, 4) is 11.5 Å². The highest BCUT2D eigenvalue weighted by molar-refractivity contribution is 5.94. The van der Waals surface area contributed by atoms with Gasteiger partial charge in [0.05, 0.1) is 32.9 Å². The lowest BCUT2D eigenvalue weighted by molar-refractivity contribution is -0.121. The van der Waals surface area contributed by atoms with Gasteiger partial charge >= 0.3 is 5.97 Å². The summed E-state index contributed by atoms with van der Waals surface area (Å²) in [6.07, 6.45) is 1.33. The maximum Gasteiger partial charge on any atom is 0.338 e. The first-order valence-electron chi connectivity index (χ1n) is 11.3. The number of amides is 2. The summed E-state index contributed by atoms with van der Waals surface area (Å²) in [7, 11) is 3.10. The van der Waals surface area contributed by atoms with E-state index < -0.39 is 0 Å². The van der Waals surface area contributed by atoms with Gasteiger partial charge in [-0.05, 0) is 69.3 Å². The van der Waals surface area contributed by atoms with Gasteiger partial charge in [-0.1, -0.05) is 0 Å². The van der Waals surface area contributed by atoms with E-state index in [0.29, 0.717) is 61.0 Å². The van der Waals surface area contributed by atoms with Crippen LogP contribution in [0.15, 0.2) is 42.5 Å². The summed E-state index contributed by atoms with van der Waals surface area (Å²) in [5.74, 6) is 0.436. The number of nitrogens with zero attached hydrogens (tertiary/aromatic N) is 1. The van der Waals surface area contributed by atoms with E-state index in [2.05, 4.69) is 10.6 Å². The fourth-order valence-corrected chi connectivity index (χ4v) is 3.82. The highest BCUT2D eigenvalue weighted by Crippen LogP contribution is 2.29. The summed E-state index contributed by atoms with van der Waals surface area (Å²) in [4.78, 5) is 38.9. The van der Waals surface area contributed by atoms with Gasteiger partial charge in [-0.2, -0.15) is 0 Å². The predicted molar refractivity (Wildman–Crippen MR) is 128 cm³/mol. The van der Waals surface area contributed by atoms with E-state index in [1.54, 1.807) is 63.6 Å². The quantitative estimate of drug-likeness (QED) is 0.544. The van der Waals surface area contributed by atoms with E-state index in [-0.39, 0.29) is 30.2 Å². The number of ether oxygens (including phenoxy) is 3. The standard InChI is InChI=1S/C25H31N3O6/c1-4-34-25(31)18-5-7-19(8-6-18)27-24(30)17-11-13-28(14-12-17)16-23(29)26-20-9-10-21(32-2)22(15-20)33-3/h5-10,15,17H,4,11-14,16H2,1-3H3,(H,26,29)(H,27,30). The van der Waals surface area contributed by atoms with E-state index in [4.69, 9.17) is 14.2 Å². The van der Waals surface area contributed by atoms with Crippen LogP contribution in [0.2, 0.25) is 0 Å². The molecule has 1 saturated heterocycles. The molecule has 9 heteroatoms. The molecule has 0 spiro atoms. The van der Waals surface area contributed by atoms with Crippen LogP contribution in [-0.2, 0) is 14.3 Å². The normalized spacial score (nSPS) is 14.2. The van der Waals surface area contributed by atoms with Crippen molar-refractivity contribution in [1.82, 2.24) is 4.90 Å². The molecule has 0 saturated carbocycles. The second-order valence-electron chi connectivity index (χ2n) is 7.96. The zero-order chi connectivity index (χ0) is 24.5. The van der Waals surface area contributed by atoms with Crippen molar-refractivity contribution < 1.29 is 28.6 Å². The molecule has 1 fully saturated rings. The second kappa shape index (κ2) is 12.0. The number of benzene rings is 2. The third-order valence-corrected chi connectivity index (χ3v) is 5.66. The van der Waals surface area contributed by atoms with Crippen molar-refractivity contribution >= 4 is 29.2 Å². The Kier molecular flexibility index (Phi) is 8.86. The summed E-state index contributed by atoms with van der Waals surface area (Å²) in [5.41, 5.74) is 1.71. The van der Waals surface area contributed by atoms with Gasteiger partial charge in [0.2, 0.25) is 11.8 Å². The van der Waals surface area contributed by atoms with Gasteiger partial charge in [0, 0.05) is 23.4 Å². The Balaban J connectivity index is 1.44. The fraction of sp³-hybridized carbons (Fsp3) is 0.400. The minimum absolute atomic E-state index is 0.0571. The van der Waals surface area contributed by atoms with Crippen molar-refractivity contribution in [2.24, 2.45) is 5.92 Å². The summed E-state index contributed by atoms with van der Waals surface area (Å²) in [6.45, 7) is 3.62. The average molecular weight is 470 g/mol. The van der Waals surface area contributed by atoms with Crippen LogP contribution in [0, 0.1) is 5.92 Å². The number of hydrogen-bond donors (Lipinski definition) is 2. The van der Waals surface area contributed by atoms with Crippen LogP contribution in [-0.4, -0.2) is 63.1 Å². The predicted octanol–water partition coefficient (Wildman–Crippen LogP) is 3.17. The highest BCUT2D eigenvalue weighted by atomic mass is 16.5. The number of anilines is 2. The Bertz CT molecular complexity index is 1000. The lowest BCUT2D eigenvalue weighted by atomic mass is 9.95. The van der Waals surface area contributed by atoms with Crippen LogP contribution >= 0.6 is 0 Å². The molecule has 0 aliphatic carbocycles. The minimum atomic E-state index is -0.386.